The van der Waals surface area contributed by atoms with Crippen LogP contribution in [-0.4, -0.2) is 48.8 Å². The van der Waals surface area contributed by atoms with Gasteiger partial charge in [-0.25, -0.2) is 0 Å². The summed E-state index contributed by atoms with van der Waals surface area (Å²) < 4.78 is 21.5. The van der Waals surface area contributed by atoms with E-state index in [-0.39, 0.29) is 5.91 Å². The van der Waals surface area contributed by atoms with E-state index in [0.717, 1.165) is 22.5 Å². The van der Waals surface area contributed by atoms with E-state index in [9.17, 15) is 4.79 Å². The molecule has 34 heavy (non-hydrogen) atoms. The lowest BCUT2D eigenvalue weighted by Gasteiger charge is -2.14. The van der Waals surface area contributed by atoms with Crippen molar-refractivity contribution in [3.8, 4) is 28.7 Å². The van der Waals surface area contributed by atoms with Crippen molar-refractivity contribution in [3.05, 3.63) is 59.7 Å². The highest BCUT2D eigenvalue weighted by atomic mass is 16.5. The van der Waals surface area contributed by atoms with Crippen molar-refractivity contribution in [2.24, 2.45) is 0 Å². The average Bonchev–Trinajstić information content (AvgIpc) is 3.26. The van der Waals surface area contributed by atoms with Crippen LogP contribution in [0.3, 0.4) is 0 Å². The van der Waals surface area contributed by atoms with E-state index in [0.29, 0.717) is 40.6 Å². The first-order valence-electron chi connectivity index (χ1n) is 10.7. The number of hydrogen-bond donors (Lipinski definition) is 1. The third-order valence-electron chi connectivity index (χ3n) is 5.28. The van der Waals surface area contributed by atoms with Gasteiger partial charge >= 0.3 is 0 Å². The summed E-state index contributed by atoms with van der Waals surface area (Å²) in [4.78, 5) is 14.6. The van der Waals surface area contributed by atoms with Crippen molar-refractivity contribution in [3.63, 3.8) is 0 Å². The number of hydrogen-bond acceptors (Lipinski definition) is 7. The molecule has 0 unspecified atom stereocenters. The van der Waals surface area contributed by atoms with Crippen molar-refractivity contribution in [2.75, 3.05) is 33.3 Å². The van der Waals surface area contributed by atoms with Gasteiger partial charge in [0.1, 0.15) is 16.8 Å². The summed E-state index contributed by atoms with van der Waals surface area (Å²) in [6, 6.07) is 14.4. The molecule has 0 aliphatic rings. The average molecular weight is 463 g/mol. The molecule has 0 atom stereocenters. The Kier molecular flexibility index (Phi) is 6.53. The number of methoxy groups -OCH3 is 3. The number of rotatable bonds is 8. The third kappa shape index (κ3) is 4.45. The molecular formula is C25H26N4O5. The minimum absolute atomic E-state index is 0.319. The molecular weight excluding hydrogens is 436 g/mol. The molecule has 4 aromatic rings. The van der Waals surface area contributed by atoms with Gasteiger partial charge in [-0.2, -0.15) is 4.80 Å². The van der Waals surface area contributed by atoms with Gasteiger partial charge < -0.3 is 24.3 Å². The van der Waals surface area contributed by atoms with Gasteiger partial charge in [0.15, 0.2) is 11.5 Å². The Bertz CT molecular complexity index is 1310. The molecule has 0 saturated heterocycles. The lowest BCUT2D eigenvalue weighted by Crippen LogP contribution is -2.13. The summed E-state index contributed by atoms with van der Waals surface area (Å²) in [5.41, 5.74) is 4.03. The highest BCUT2D eigenvalue weighted by Gasteiger charge is 2.18. The second-order valence-corrected chi connectivity index (χ2v) is 7.44. The van der Waals surface area contributed by atoms with E-state index in [1.165, 1.54) is 21.3 Å². The summed E-state index contributed by atoms with van der Waals surface area (Å²) in [5.74, 6) is 1.69. The molecule has 4 rings (SSSR count). The van der Waals surface area contributed by atoms with Crippen LogP contribution in [0.5, 0.6) is 23.0 Å². The van der Waals surface area contributed by atoms with Gasteiger partial charge in [0, 0.05) is 11.3 Å². The molecule has 1 aromatic heterocycles. The first-order valence-corrected chi connectivity index (χ1v) is 10.7. The SMILES string of the molecule is CCOc1ccc(-n2nc3cc(C)c(NC(=O)c4cc(OC)c(OC)c(OC)c4)cc3n2)cc1. The van der Waals surface area contributed by atoms with E-state index in [4.69, 9.17) is 18.9 Å². The van der Waals surface area contributed by atoms with Gasteiger partial charge in [-0.3, -0.25) is 4.79 Å². The van der Waals surface area contributed by atoms with Gasteiger partial charge in [-0.1, -0.05) is 0 Å². The number of nitrogens with zero attached hydrogens (tertiary/aromatic N) is 3. The first-order chi connectivity index (χ1) is 16.5. The molecule has 0 radical (unpaired) electrons. The van der Waals surface area contributed by atoms with Crippen LogP contribution in [0.15, 0.2) is 48.5 Å². The van der Waals surface area contributed by atoms with E-state index in [1.807, 2.05) is 44.2 Å². The lowest BCUT2D eigenvalue weighted by atomic mass is 10.1. The maximum absolute atomic E-state index is 13.0. The molecule has 1 heterocycles. The van der Waals surface area contributed by atoms with Crippen LogP contribution >= 0.6 is 0 Å². The predicted molar refractivity (Wildman–Crippen MR) is 129 cm³/mol. The fraction of sp³-hybridized carbons (Fsp3) is 0.240. The Morgan fingerprint density at radius 1 is 0.912 bits per heavy atom. The van der Waals surface area contributed by atoms with Crippen LogP contribution in [0.1, 0.15) is 22.8 Å². The zero-order valence-electron chi connectivity index (χ0n) is 19.7. The monoisotopic (exact) mass is 462 g/mol. The Morgan fingerprint density at radius 3 is 2.09 bits per heavy atom. The number of aromatic nitrogens is 3. The summed E-state index contributed by atoms with van der Waals surface area (Å²) in [7, 11) is 4.52. The van der Waals surface area contributed by atoms with Gasteiger partial charge in [0.05, 0.1) is 33.6 Å². The smallest absolute Gasteiger partial charge is 0.255 e. The van der Waals surface area contributed by atoms with Crippen LogP contribution in [-0.2, 0) is 0 Å². The summed E-state index contributed by atoms with van der Waals surface area (Å²) in [5, 5.41) is 12.1. The van der Waals surface area contributed by atoms with E-state index in [1.54, 1.807) is 23.0 Å². The van der Waals surface area contributed by atoms with E-state index < -0.39 is 0 Å². The number of ether oxygens (including phenoxy) is 4. The second-order valence-electron chi connectivity index (χ2n) is 7.44. The second kappa shape index (κ2) is 9.70. The van der Waals surface area contributed by atoms with Gasteiger partial charge in [-0.05, 0) is 67.9 Å². The molecule has 0 bridgehead atoms. The number of benzene rings is 3. The molecule has 0 saturated carbocycles. The highest BCUT2D eigenvalue weighted by molar-refractivity contribution is 6.06. The Morgan fingerprint density at radius 2 is 1.53 bits per heavy atom. The van der Waals surface area contributed by atoms with Crippen molar-refractivity contribution >= 4 is 22.6 Å². The molecule has 0 spiro atoms. The maximum atomic E-state index is 13.0. The minimum atomic E-state index is -0.319. The summed E-state index contributed by atoms with van der Waals surface area (Å²) in [6.07, 6.45) is 0. The molecule has 176 valence electrons. The zero-order chi connectivity index (χ0) is 24.2. The number of nitrogens with one attached hydrogen (secondary N) is 1. The third-order valence-corrected chi connectivity index (χ3v) is 5.28. The van der Waals surface area contributed by atoms with Crippen LogP contribution in [0.2, 0.25) is 0 Å². The van der Waals surface area contributed by atoms with Gasteiger partial charge in [0.2, 0.25) is 5.75 Å². The van der Waals surface area contributed by atoms with Crippen molar-refractivity contribution in [2.45, 2.75) is 13.8 Å². The topological polar surface area (TPSA) is 96.7 Å². The number of aryl methyl sites for hydroxylation is 1. The van der Waals surface area contributed by atoms with Crippen LogP contribution in [0.25, 0.3) is 16.7 Å². The van der Waals surface area contributed by atoms with Crippen LogP contribution < -0.4 is 24.3 Å². The molecule has 1 amide bonds. The highest BCUT2D eigenvalue weighted by Crippen LogP contribution is 2.38. The number of amides is 1. The maximum Gasteiger partial charge on any atom is 0.255 e. The first kappa shape index (κ1) is 22.9. The number of fused-ring (bicyclic) bond motifs is 1. The molecule has 0 aliphatic heterocycles. The normalized spacial score (nSPS) is 10.7. The van der Waals surface area contributed by atoms with E-state index in [2.05, 4.69) is 15.5 Å². The Balaban J connectivity index is 1.62. The van der Waals surface area contributed by atoms with Crippen molar-refractivity contribution in [1.29, 1.82) is 0 Å². The molecule has 0 fully saturated rings. The van der Waals surface area contributed by atoms with Crippen molar-refractivity contribution < 1.29 is 23.7 Å². The fourth-order valence-corrected chi connectivity index (χ4v) is 3.57. The number of anilines is 1. The lowest BCUT2D eigenvalue weighted by molar-refractivity contribution is 0.102. The molecule has 9 heteroatoms. The standard InChI is InChI=1S/C25H26N4O5/c1-6-34-18-9-7-17(8-10-18)29-27-20-11-15(2)19(14-21(20)28-29)26-25(30)16-12-22(31-3)24(33-5)23(13-16)32-4/h7-14H,6H2,1-5H3,(H,26,30). The Hall–Kier alpha value is -4.27. The minimum Gasteiger partial charge on any atom is -0.494 e. The van der Waals surface area contributed by atoms with Gasteiger partial charge in [-0.15, -0.1) is 10.2 Å². The largest absolute Gasteiger partial charge is 0.494 e. The van der Waals surface area contributed by atoms with Crippen molar-refractivity contribution in [1.82, 2.24) is 15.0 Å². The quantitative estimate of drug-likeness (QED) is 0.414. The Labute approximate surface area is 197 Å². The van der Waals surface area contributed by atoms with E-state index >= 15 is 0 Å². The summed E-state index contributed by atoms with van der Waals surface area (Å²) >= 11 is 0. The van der Waals surface area contributed by atoms with Crippen LogP contribution in [0, 0.1) is 6.92 Å². The summed E-state index contributed by atoms with van der Waals surface area (Å²) in [6.45, 7) is 4.45. The van der Waals surface area contributed by atoms with Gasteiger partial charge in [0.25, 0.3) is 5.91 Å². The molecule has 9 nitrogen and oxygen atoms in total. The predicted octanol–water partition coefficient (Wildman–Crippen LogP) is 4.41. The zero-order valence-corrected chi connectivity index (χ0v) is 19.7. The number of carbonyl (C=O) groups is 1. The fourth-order valence-electron chi connectivity index (χ4n) is 3.57. The molecule has 3 aromatic carbocycles. The number of carbonyl (C=O) groups excluding carboxylic acids is 1. The van der Waals surface area contributed by atoms with Crippen LogP contribution in [0.4, 0.5) is 5.69 Å². The molecule has 1 N–H and O–H groups in total. The molecule has 0 aliphatic carbocycles.